The maximum atomic E-state index is 12.4. The van der Waals surface area contributed by atoms with E-state index in [1.54, 1.807) is 33.0 Å². The van der Waals surface area contributed by atoms with Gasteiger partial charge in [-0.15, -0.1) is 0 Å². The maximum Gasteiger partial charge on any atom is 0.289 e. The first-order chi connectivity index (χ1) is 11.2. The quantitative estimate of drug-likeness (QED) is 0.872. The Morgan fingerprint density at radius 2 is 2.12 bits per heavy atom. The largest absolute Gasteiger partial charge is 0.443 e. The molecule has 2 aromatic heterocycles. The molecule has 2 heterocycles. The zero-order valence-corrected chi connectivity index (χ0v) is 14.6. The summed E-state index contributed by atoms with van der Waals surface area (Å²) in [6.07, 6.45) is 0. The minimum Gasteiger partial charge on any atom is -0.443 e. The van der Waals surface area contributed by atoms with Crippen LogP contribution in [-0.2, 0) is 6.54 Å². The molecule has 0 saturated heterocycles. The van der Waals surface area contributed by atoms with Crippen molar-refractivity contribution in [1.82, 2.24) is 10.1 Å². The molecule has 0 aliphatic heterocycles. The van der Waals surface area contributed by atoms with Gasteiger partial charge in [0.25, 0.3) is 5.91 Å². The molecule has 0 aliphatic carbocycles. The molecular weight excluding hydrogens is 308 g/mol. The molecule has 0 unspecified atom stereocenters. The first kappa shape index (κ1) is 17.8. The second-order valence-electron chi connectivity index (χ2n) is 6.51. The molecule has 2 aromatic rings. The predicted molar refractivity (Wildman–Crippen MR) is 88.3 cm³/mol. The Morgan fingerprint density at radius 3 is 2.71 bits per heavy atom. The van der Waals surface area contributed by atoms with Gasteiger partial charge in [0.2, 0.25) is 0 Å². The first-order valence-corrected chi connectivity index (χ1v) is 7.72. The third kappa shape index (κ3) is 4.74. The van der Waals surface area contributed by atoms with Gasteiger partial charge < -0.3 is 18.9 Å². The third-order valence-corrected chi connectivity index (χ3v) is 3.22. The van der Waals surface area contributed by atoms with Gasteiger partial charge in [-0.3, -0.25) is 4.79 Å². The molecule has 0 aromatic carbocycles. The summed E-state index contributed by atoms with van der Waals surface area (Å²) in [7, 11) is 1.66. The molecular formula is C18H22N2O4. The van der Waals surface area contributed by atoms with Gasteiger partial charge in [-0.25, -0.2) is 0 Å². The zero-order chi connectivity index (χ0) is 17.9. The van der Waals surface area contributed by atoms with Crippen LogP contribution >= 0.6 is 0 Å². The summed E-state index contributed by atoms with van der Waals surface area (Å²) in [6, 6.07) is 5.01. The lowest BCUT2D eigenvalue weighted by Crippen LogP contribution is -2.25. The van der Waals surface area contributed by atoms with Crippen molar-refractivity contribution in [2.45, 2.75) is 45.8 Å². The van der Waals surface area contributed by atoms with E-state index in [1.165, 1.54) is 4.90 Å². The van der Waals surface area contributed by atoms with Crippen molar-refractivity contribution in [3.05, 3.63) is 41.2 Å². The third-order valence-electron chi connectivity index (χ3n) is 3.22. The number of amides is 1. The van der Waals surface area contributed by atoms with Crippen molar-refractivity contribution in [2.75, 3.05) is 7.05 Å². The number of rotatable bonds is 4. The minimum atomic E-state index is -1.12. The molecule has 24 heavy (non-hydrogen) atoms. The van der Waals surface area contributed by atoms with E-state index in [-0.39, 0.29) is 17.6 Å². The van der Waals surface area contributed by atoms with Gasteiger partial charge in [0.05, 0.1) is 12.2 Å². The average molecular weight is 330 g/mol. The van der Waals surface area contributed by atoms with Gasteiger partial charge in [-0.1, -0.05) is 24.9 Å². The van der Waals surface area contributed by atoms with Crippen LogP contribution in [0.2, 0.25) is 0 Å². The molecule has 128 valence electrons. The smallest absolute Gasteiger partial charge is 0.289 e. The molecule has 0 fully saturated rings. The van der Waals surface area contributed by atoms with Crippen LogP contribution in [0, 0.1) is 11.8 Å². The summed E-state index contributed by atoms with van der Waals surface area (Å²) in [5.41, 5.74) is -0.262. The van der Waals surface area contributed by atoms with Crippen LogP contribution in [0.4, 0.5) is 0 Å². The highest BCUT2D eigenvalue weighted by Gasteiger charge is 2.18. The van der Waals surface area contributed by atoms with Crippen LogP contribution in [0.3, 0.4) is 0 Å². The number of carbonyl (C=O) groups is 1. The number of carbonyl (C=O) groups excluding carboxylic acids is 1. The summed E-state index contributed by atoms with van der Waals surface area (Å²) in [4.78, 5) is 13.9. The van der Waals surface area contributed by atoms with Crippen LogP contribution in [0.15, 0.2) is 27.1 Å². The highest BCUT2D eigenvalue weighted by Crippen LogP contribution is 2.16. The Bertz CT molecular complexity index is 769. The lowest BCUT2D eigenvalue weighted by molar-refractivity contribution is 0.0740. The first-order valence-electron chi connectivity index (χ1n) is 7.72. The van der Waals surface area contributed by atoms with E-state index in [2.05, 4.69) is 17.0 Å². The van der Waals surface area contributed by atoms with Crippen molar-refractivity contribution in [3.8, 4) is 11.8 Å². The van der Waals surface area contributed by atoms with Gasteiger partial charge in [-0.05, 0) is 37.8 Å². The SMILES string of the molecule is CC(C)c1cc(CN(C)C(=O)c2ccc(C#CC(C)(C)O)o2)on1. The van der Waals surface area contributed by atoms with E-state index in [0.717, 1.165) is 5.69 Å². The van der Waals surface area contributed by atoms with Gasteiger partial charge >= 0.3 is 0 Å². The van der Waals surface area contributed by atoms with Crippen LogP contribution in [0.5, 0.6) is 0 Å². The van der Waals surface area contributed by atoms with E-state index in [0.29, 0.717) is 18.1 Å². The highest BCUT2D eigenvalue weighted by atomic mass is 16.5. The van der Waals surface area contributed by atoms with Crippen LogP contribution in [0.25, 0.3) is 0 Å². The Hall–Kier alpha value is -2.52. The molecule has 6 heteroatoms. The van der Waals surface area contributed by atoms with E-state index >= 15 is 0 Å². The van der Waals surface area contributed by atoms with E-state index in [4.69, 9.17) is 8.94 Å². The Kier molecular flexibility index (Phi) is 5.15. The summed E-state index contributed by atoms with van der Waals surface area (Å²) in [6.45, 7) is 7.49. The normalized spacial score (nSPS) is 11.3. The summed E-state index contributed by atoms with van der Waals surface area (Å²) < 4.78 is 10.7. The van der Waals surface area contributed by atoms with Crippen molar-refractivity contribution in [2.24, 2.45) is 0 Å². The number of aliphatic hydroxyl groups is 1. The molecule has 0 spiro atoms. The van der Waals surface area contributed by atoms with Gasteiger partial charge in [0, 0.05) is 13.1 Å². The Labute approximate surface area is 141 Å². The molecule has 6 nitrogen and oxygen atoms in total. The standard InChI is InChI=1S/C18H22N2O4/c1-12(2)15-10-14(24-19-15)11-20(5)17(21)16-7-6-13(23-16)8-9-18(3,4)22/h6-7,10,12,22H,11H2,1-5H3. The fourth-order valence-corrected chi connectivity index (χ4v) is 1.90. The van der Waals surface area contributed by atoms with E-state index in [1.807, 2.05) is 19.9 Å². The van der Waals surface area contributed by atoms with Gasteiger partial charge in [-0.2, -0.15) is 0 Å². The maximum absolute atomic E-state index is 12.4. The average Bonchev–Trinajstić information content (AvgIpc) is 3.12. The molecule has 0 bridgehead atoms. The number of hydrogen-bond donors (Lipinski definition) is 1. The van der Waals surface area contributed by atoms with Gasteiger partial charge in [0.15, 0.2) is 17.3 Å². The van der Waals surface area contributed by atoms with Crippen molar-refractivity contribution >= 4 is 5.91 Å². The molecule has 1 amide bonds. The Morgan fingerprint density at radius 1 is 1.42 bits per heavy atom. The zero-order valence-electron chi connectivity index (χ0n) is 14.6. The van der Waals surface area contributed by atoms with Crippen molar-refractivity contribution in [1.29, 1.82) is 0 Å². The monoisotopic (exact) mass is 330 g/mol. The summed E-state index contributed by atoms with van der Waals surface area (Å²) in [5.74, 6) is 6.45. The topological polar surface area (TPSA) is 79.7 Å². The summed E-state index contributed by atoms with van der Waals surface area (Å²) in [5, 5.41) is 13.6. The second kappa shape index (κ2) is 6.93. The second-order valence-corrected chi connectivity index (χ2v) is 6.51. The van der Waals surface area contributed by atoms with E-state index in [9.17, 15) is 9.90 Å². The molecule has 0 saturated carbocycles. The molecule has 1 N–H and O–H groups in total. The molecule has 0 aliphatic rings. The van der Waals surface area contributed by atoms with Crippen LogP contribution < -0.4 is 0 Å². The number of furan rings is 1. The molecule has 2 rings (SSSR count). The number of hydrogen-bond acceptors (Lipinski definition) is 5. The lowest BCUT2D eigenvalue weighted by atomic mass is 10.1. The number of nitrogens with zero attached hydrogens (tertiary/aromatic N) is 2. The molecule has 0 atom stereocenters. The predicted octanol–water partition coefficient (Wildman–Crippen LogP) is 2.79. The minimum absolute atomic E-state index is 0.182. The van der Waals surface area contributed by atoms with Crippen molar-refractivity contribution < 1.29 is 18.8 Å². The Balaban J connectivity index is 2.05. The fourth-order valence-electron chi connectivity index (χ4n) is 1.90. The lowest BCUT2D eigenvalue weighted by Gasteiger charge is -2.13. The van der Waals surface area contributed by atoms with E-state index < -0.39 is 5.60 Å². The van der Waals surface area contributed by atoms with Crippen LogP contribution in [0.1, 0.15) is 61.4 Å². The van der Waals surface area contributed by atoms with Gasteiger partial charge in [0.1, 0.15) is 5.60 Å². The van der Waals surface area contributed by atoms with Crippen LogP contribution in [-0.4, -0.2) is 33.7 Å². The fraction of sp³-hybridized carbons (Fsp3) is 0.444. The highest BCUT2D eigenvalue weighted by molar-refractivity contribution is 5.91. The number of aromatic nitrogens is 1. The summed E-state index contributed by atoms with van der Waals surface area (Å²) >= 11 is 0. The van der Waals surface area contributed by atoms with Crippen molar-refractivity contribution in [3.63, 3.8) is 0 Å². The molecule has 0 radical (unpaired) electrons.